The Labute approximate surface area is 105 Å². The topological polar surface area (TPSA) is 44.5 Å². The van der Waals surface area contributed by atoms with Gasteiger partial charge in [0.15, 0.2) is 11.5 Å². The summed E-state index contributed by atoms with van der Waals surface area (Å²) in [5, 5.41) is 0. The highest BCUT2D eigenvalue weighted by Gasteiger charge is 2.13. The molecule has 0 aliphatic rings. The van der Waals surface area contributed by atoms with E-state index in [0.29, 0.717) is 19.1 Å². The van der Waals surface area contributed by atoms with Crippen molar-refractivity contribution in [3.8, 4) is 11.5 Å². The standard InChI is InChI=1S/C12H18BrNO2/c1-4-16-11-6-9(8(2)7-14)5-10(13)12(11)15-3/h5-6,8H,4,7,14H2,1-3H3. The second-order valence-electron chi connectivity index (χ2n) is 3.60. The second-order valence-corrected chi connectivity index (χ2v) is 4.46. The van der Waals surface area contributed by atoms with Crippen LogP contribution in [0.5, 0.6) is 11.5 Å². The van der Waals surface area contributed by atoms with Gasteiger partial charge in [-0.1, -0.05) is 6.92 Å². The number of rotatable bonds is 5. The highest BCUT2D eigenvalue weighted by Crippen LogP contribution is 2.38. The zero-order valence-corrected chi connectivity index (χ0v) is 11.5. The van der Waals surface area contributed by atoms with Gasteiger partial charge in [0.05, 0.1) is 18.2 Å². The highest BCUT2D eigenvalue weighted by molar-refractivity contribution is 9.10. The van der Waals surface area contributed by atoms with Gasteiger partial charge in [-0.25, -0.2) is 0 Å². The van der Waals surface area contributed by atoms with Gasteiger partial charge < -0.3 is 15.2 Å². The molecule has 1 unspecified atom stereocenters. The van der Waals surface area contributed by atoms with E-state index in [9.17, 15) is 0 Å². The maximum Gasteiger partial charge on any atom is 0.174 e. The second kappa shape index (κ2) is 6.11. The largest absolute Gasteiger partial charge is 0.492 e. The summed E-state index contributed by atoms with van der Waals surface area (Å²) >= 11 is 3.48. The molecule has 0 aliphatic heterocycles. The lowest BCUT2D eigenvalue weighted by Gasteiger charge is -2.16. The molecular formula is C12H18BrNO2. The van der Waals surface area contributed by atoms with Gasteiger partial charge in [-0.15, -0.1) is 0 Å². The monoisotopic (exact) mass is 287 g/mol. The maximum absolute atomic E-state index is 5.66. The van der Waals surface area contributed by atoms with E-state index in [1.807, 2.05) is 19.1 Å². The number of hydrogen-bond donors (Lipinski definition) is 1. The third kappa shape index (κ3) is 2.89. The van der Waals surface area contributed by atoms with Crippen molar-refractivity contribution in [3.05, 3.63) is 22.2 Å². The van der Waals surface area contributed by atoms with Gasteiger partial charge in [0.25, 0.3) is 0 Å². The molecule has 1 aromatic rings. The lowest BCUT2D eigenvalue weighted by atomic mass is 10.0. The first kappa shape index (κ1) is 13.3. The van der Waals surface area contributed by atoms with Crippen LogP contribution in [0.15, 0.2) is 16.6 Å². The average molecular weight is 288 g/mol. The number of methoxy groups -OCH3 is 1. The highest BCUT2D eigenvalue weighted by atomic mass is 79.9. The molecule has 90 valence electrons. The van der Waals surface area contributed by atoms with Crippen LogP contribution in [0, 0.1) is 0 Å². The van der Waals surface area contributed by atoms with Crippen LogP contribution >= 0.6 is 15.9 Å². The van der Waals surface area contributed by atoms with Gasteiger partial charge in [-0.3, -0.25) is 0 Å². The normalized spacial score (nSPS) is 12.3. The molecule has 4 heteroatoms. The Hall–Kier alpha value is -0.740. The molecule has 0 amide bonds. The molecule has 0 aliphatic carbocycles. The molecule has 2 N–H and O–H groups in total. The van der Waals surface area contributed by atoms with Crippen molar-refractivity contribution in [2.75, 3.05) is 20.3 Å². The molecule has 16 heavy (non-hydrogen) atoms. The molecule has 0 fully saturated rings. The Morgan fingerprint density at radius 1 is 1.44 bits per heavy atom. The first-order chi connectivity index (χ1) is 7.63. The van der Waals surface area contributed by atoms with E-state index in [4.69, 9.17) is 15.2 Å². The van der Waals surface area contributed by atoms with Gasteiger partial charge in [0.2, 0.25) is 0 Å². The first-order valence-corrected chi connectivity index (χ1v) is 6.13. The van der Waals surface area contributed by atoms with Crippen molar-refractivity contribution >= 4 is 15.9 Å². The van der Waals surface area contributed by atoms with Crippen molar-refractivity contribution in [1.29, 1.82) is 0 Å². The smallest absolute Gasteiger partial charge is 0.174 e. The van der Waals surface area contributed by atoms with Crippen LogP contribution in [0.4, 0.5) is 0 Å². The van der Waals surface area contributed by atoms with Gasteiger partial charge in [-0.05, 0) is 53.0 Å². The molecule has 0 radical (unpaired) electrons. The molecule has 0 bridgehead atoms. The fraction of sp³-hybridized carbons (Fsp3) is 0.500. The third-order valence-corrected chi connectivity index (χ3v) is 3.05. The summed E-state index contributed by atoms with van der Waals surface area (Å²) in [7, 11) is 1.63. The van der Waals surface area contributed by atoms with Gasteiger partial charge in [0, 0.05) is 0 Å². The molecule has 1 atom stereocenters. The lowest BCUT2D eigenvalue weighted by molar-refractivity contribution is 0.309. The predicted molar refractivity (Wildman–Crippen MR) is 69.3 cm³/mol. The lowest BCUT2D eigenvalue weighted by Crippen LogP contribution is -2.09. The number of hydrogen-bond acceptors (Lipinski definition) is 3. The Morgan fingerprint density at radius 2 is 2.12 bits per heavy atom. The average Bonchev–Trinajstić information content (AvgIpc) is 2.28. The van der Waals surface area contributed by atoms with Crippen LogP contribution in [-0.4, -0.2) is 20.3 Å². The molecule has 0 heterocycles. The van der Waals surface area contributed by atoms with E-state index in [1.54, 1.807) is 7.11 Å². The minimum atomic E-state index is 0.307. The fourth-order valence-electron chi connectivity index (χ4n) is 1.47. The Kier molecular flexibility index (Phi) is 5.09. The molecule has 0 saturated heterocycles. The van der Waals surface area contributed by atoms with Gasteiger partial charge in [0.1, 0.15) is 0 Å². The van der Waals surface area contributed by atoms with E-state index in [-0.39, 0.29) is 0 Å². The zero-order chi connectivity index (χ0) is 12.1. The summed E-state index contributed by atoms with van der Waals surface area (Å²) in [5.41, 5.74) is 6.81. The summed E-state index contributed by atoms with van der Waals surface area (Å²) in [6.45, 7) is 5.27. The summed E-state index contributed by atoms with van der Waals surface area (Å²) < 4.78 is 11.7. The number of halogens is 1. The first-order valence-electron chi connectivity index (χ1n) is 5.34. The van der Waals surface area contributed by atoms with E-state index >= 15 is 0 Å². The van der Waals surface area contributed by atoms with E-state index in [2.05, 4.69) is 22.9 Å². The Morgan fingerprint density at radius 3 is 2.62 bits per heavy atom. The van der Waals surface area contributed by atoms with Crippen molar-refractivity contribution in [2.24, 2.45) is 5.73 Å². The molecule has 3 nitrogen and oxygen atoms in total. The number of ether oxygens (including phenoxy) is 2. The molecule has 1 aromatic carbocycles. The minimum Gasteiger partial charge on any atom is -0.492 e. The van der Waals surface area contributed by atoms with E-state index in [0.717, 1.165) is 21.5 Å². The Balaban J connectivity index is 3.16. The molecular weight excluding hydrogens is 270 g/mol. The van der Waals surface area contributed by atoms with Crippen LogP contribution in [0.1, 0.15) is 25.3 Å². The van der Waals surface area contributed by atoms with Crippen molar-refractivity contribution < 1.29 is 9.47 Å². The van der Waals surface area contributed by atoms with E-state index in [1.165, 1.54) is 0 Å². The summed E-state index contributed by atoms with van der Waals surface area (Å²) in [6.07, 6.45) is 0. The van der Waals surface area contributed by atoms with Crippen LogP contribution in [0.2, 0.25) is 0 Å². The van der Waals surface area contributed by atoms with E-state index < -0.39 is 0 Å². The van der Waals surface area contributed by atoms with Crippen LogP contribution in [0.25, 0.3) is 0 Å². The zero-order valence-electron chi connectivity index (χ0n) is 9.92. The van der Waals surface area contributed by atoms with Crippen molar-refractivity contribution in [2.45, 2.75) is 19.8 Å². The number of nitrogens with two attached hydrogens (primary N) is 1. The summed E-state index contributed by atoms with van der Waals surface area (Å²) in [5.74, 6) is 1.80. The third-order valence-electron chi connectivity index (χ3n) is 2.46. The molecule has 0 aromatic heterocycles. The Bertz CT molecular complexity index is 355. The van der Waals surface area contributed by atoms with Crippen LogP contribution in [-0.2, 0) is 0 Å². The quantitative estimate of drug-likeness (QED) is 0.906. The summed E-state index contributed by atoms with van der Waals surface area (Å²) in [4.78, 5) is 0. The van der Waals surface area contributed by atoms with Crippen LogP contribution in [0.3, 0.4) is 0 Å². The minimum absolute atomic E-state index is 0.307. The molecule has 1 rings (SSSR count). The molecule has 0 spiro atoms. The SMILES string of the molecule is CCOc1cc(C(C)CN)cc(Br)c1OC. The van der Waals surface area contributed by atoms with Crippen molar-refractivity contribution in [1.82, 2.24) is 0 Å². The number of benzene rings is 1. The fourth-order valence-corrected chi connectivity index (χ4v) is 2.09. The maximum atomic E-state index is 5.66. The van der Waals surface area contributed by atoms with Gasteiger partial charge >= 0.3 is 0 Å². The predicted octanol–water partition coefficient (Wildman–Crippen LogP) is 2.92. The van der Waals surface area contributed by atoms with Gasteiger partial charge in [-0.2, -0.15) is 0 Å². The summed E-state index contributed by atoms with van der Waals surface area (Å²) in [6, 6.07) is 4.02. The van der Waals surface area contributed by atoms with Crippen LogP contribution < -0.4 is 15.2 Å². The van der Waals surface area contributed by atoms with Crippen molar-refractivity contribution in [3.63, 3.8) is 0 Å². The molecule has 0 saturated carbocycles.